The maximum Gasteiger partial charge on any atom is 0.168 e. The number of fused-ring (bicyclic) bond motifs is 1. The second-order valence-electron chi connectivity index (χ2n) is 3.79. The van der Waals surface area contributed by atoms with Crippen LogP contribution in [0.3, 0.4) is 0 Å². The van der Waals surface area contributed by atoms with Crippen LogP contribution in [0, 0.1) is 11.8 Å². The largest absolute Gasteiger partial charge is 0.387 e. The molecule has 0 atom stereocenters. The molecule has 0 fully saturated rings. The average molecular weight is 266 g/mol. The number of nitrogens with zero attached hydrogens (tertiary/aromatic N) is 3. The number of aromatic nitrogens is 3. The van der Waals surface area contributed by atoms with Crippen molar-refractivity contribution in [2.45, 2.75) is 0 Å². The van der Waals surface area contributed by atoms with Gasteiger partial charge in [-0.05, 0) is 30.0 Å². The summed E-state index contributed by atoms with van der Waals surface area (Å²) in [5.74, 6) is 6.05. The fraction of sp³-hybridized carbons (Fsp3) is 0.0714. The first-order chi connectivity index (χ1) is 9.35. The Bertz CT molecular complexity index is 732. The highest BCUT2D eigenvalue weighted by molar-refractivity contribution is 7.19. The first-order valence-corrected chi connectivity index (χ1v) is 6.53. The minimum absolute atomic E-state index is 0.733. The molecule has 92 valence electrons. The summed E-state index contributed by atoms with van der Waals surface area (Å²) in [6.45, 7) is 0. The second-order valence-corrected chi connectivity index (χ2v) is 4.83. The minimum Gasteiger partial charge on any atom is -0.387 e. The van der Waals surface area contributed by atoms with E-state index in [1.54, 1.807) is 29.9 Å². The van der Waals surface area contributed by atoms with Crippen LogP contribution in [0.4, 0.5) is 5.69 Å². The summed E-state index contributed by atoms with van der Waals surface area (Å²) < 4.78 is 1.10. The molecule has 0 aliphatic heterocycles. The molecule has 0 aliphatic rings. The Morgan fingerprint density at radius 2 is 2.11 bits per heavy atom. The zero-order valence-corrected chi connectivity index (χ0v) is 11.0. The van der Waals surface area contributed by atoms with Gasteiger partial charge in [-0.25, -0.2) is 9.97 Å². The number of thiazole rings is 1. The molecular weight excluding hydrogens is 256 g/mol. The smallest absolute Gasteiger partial charge is 0.168 e. The molecule has 3 rings (SSSR count). The maximum absolute atomic E-state index is 4.40. The van der Waals surface area contributed by atoms with E-state index in [0.717, 1.165) is 26.6 Å². The van der Waals surface area contributed by atoms with Crippen LogP contribution >= 0.6 is 11.3 Å². The van der Waals surface area contributed by atoms with Gasteiger partial charge >= 0.3 is 0 Å². The van der Waals surface area contributed by atoms with Crippen LogP contribution in [-0.4, -0.2) is 22.0 Å². The van der Waals surface area contributed by atoms with Gasteiger partial charge in [0, 0.05) is 13.2 Å². The maximum atomic E-state index is 4.40. The summed E-state index contributed by atoms with van der Waals surface area (Å²) in [5.41, 5.74) is 2.59. The van der Waals surface area contributed by atoms with E-state index in [4.69, 9.17) is 0 Å². The number of pyridine rings is 2. The lowest BCUT2D eigenvalue weighted by atomic mass is 10.3. The summed E-state index contributed by atoms with van der Waals surface area (Å²) in [4.78, 5) is 12.7. The van der Waals surface area contributed by atoms with Gasteiger partial charge < -0.3 is 5.32 Å². The van der Waals surface area contributed by atoms with Crippen molar-refractivity contribution in [3.63, 3.8) is 0 Å². The molecule has 0 aromatic carbocycles. The SMILES string of the molecule is CNc1ccc(C#Cc2nc3cnccc3s2)nc1. The van der Waals surface area contributed by atoms with E-state index < -0.39 is 0 Å². The molecule has 0 saturated heterocycles. The zero-order valence-electron chi connectivity index (χ0n) is 10.2. The van der Waals surface area contributed by atoms with Gasteiger partial charge in [-0.15, -0.1) is 11.3 Å². The molecule has 0 saturated carbocycles. The quantitative estimate of drug-likeness (QED) is 0.688. The third-order valence-electron chi connectivity index (χ3n) is 2.54. The number of rotatable bonds is 1. The molecule has 0 spiro atoms. The molecule has 0 bridgehead atoms. The lowest BCUT2D eigenvalue weighted by Crippen LogP contribution is -1.89. The van der Waals surface area contributed by atoms with E-state index in [9.17, 15) is 0 Å². The summed E-state index contributed by atoms with van der Waals surface area (Å²) >= 11 is 1.56. The van der Waals surface area contributed by atoms with Gasteiger partial charge in [-0.3, -0.25) is 4.98 Å². The molecule has 0 unspecified atom stereocenters. The van der Waals surface area contributed by atoms with E-state index in [1.165, 1.54) is 0 Å². The van der Waals surface area contributed by atoms with Crippen LogP contribution in [0.5, 0.6) is 0 Å². The first kappa shape index (κ1) is 11.6. The van der Waals surface area contributed by atoms with Crippen LogP contribution in [0.25, 0.3) is 10.2 Å². The van der Waals surface area contributed by atoms with Crippen LogP contribution in [0.2, 0.25) is 0 Å². The Labute approximate surface area is 114 Å². The summed E-state index contributed by atoms with van der Waals surface area (Å²) in [5, 5.41) is 3.80. The topological polar surface area (TPSA) is 50.7 Å². The summed E-state index contributed by atoms with van der Waals surface area (Å²) in [7, 11) is 1.86. The molecule has 1 N–H and O–H groups in total. The number of hydrogen-bond donors (Lipinski definition) is 1. The van der Waals surface area contributed by atoms with Gasteiger partial charge in [0.05, 0.1) is 22.8 Å². The van der Waals surface area contributed by atoms with Gasteiger partial charge in [-0.2, -0.15) is 0 Å². The highest BCUT2D eigenvalue weighted by Crippen LogP contribution is 2.19. The number of hydrogen-bond acceptors (Lipinski definition) is 5. The zero-order chi connectivity index (χ0) is 13.1. The van der Waals surface area contributed by atoms with Crippen molar-refractivity contribution in [2.24, 2.45) is 0 Å². The van der Waals surface area contributed by atoms with E-state index in [-0.39, 0.29) is 0 Å². The van der Waals surface area contributed by atoms with E-state index in [1.807, 2.05) is 25.2 Å². The summed E-state index contributed by atoms with van der Waals surface area (Å²) in [6, 6.07) is 5.77. The van der Waals surface area contributed by atoms with Crippen LogP contribution < -0.4 is 5.32 Å². The number of anilines is 1. The Balaban J connectivity index is 1.89. The van der Waals surface area contributed by atoms with Crippen molar-refractivity contribution in [2.75, 3.05) is 12.4 Å². The van der Waals surface area contributed by atoms with Gasteiger partial charge in [-0.1, -0.05) is 0 Å². The van der Waals surface area contributed by atoms with Gasteiger partial charge in [0.25, 0.3) is 0 Å². The Kier molecular flexibility index (Phi) is 3.09. The molecular formula is C14H10N4S. The molecule has 19 heavy (non-hydrogen) atoms. The van der Waals surface area contributed by atoms with Crippen LogP contribution in [0.1, 0.15) is 10.7 Å². The van der Waals surface area contributed by atoms with Gasteiger partial charge in [0.15, 0.2) is 5.01 Å². The normalized spacial score (nSPS) is 9.95. The predicted molar refractivity (Wildman–Crippen MR) is 77.2 cm³/mol. The fourth-order valence-electron chi connectivity index (χ4n) is 1.57. The molecule has 4 nitrogen and oxygen atoms in total. The molecule has 3 aromatic rings. The Morgan fingerprint density at radius 3 is 2.84 bits per heavy atom. The molecule has 0 amide bonds. The van der Waals surface area contributed by atoms with Gasteiger partial charge in [0.2, 0.25) is 0 Å². The van der Waals surface area contributed by atoms with E-state index in [2.05, 4.69) is 32.1 Å². The molecule has 0 aliphatic carbocycles. The predicted octanol–water partition coefficient (Wildman–Crippen LogP) is 2.53. The van der Waals surface area contributed by atoms with Crippen molar-refractivity contribution >= 4 is 27.2 Å². The molecule has 5 heteroatoms. The lowest BCUT2D eigenvalue weighted by molar-refractivity contribution is 1.27. The summed E-state index contributed by atoms with van der Waals surface area (Å²) in [6.07, 6.45) is 5.26. The third-order valence-corrected chi connectivity index (χ3v) is 3.49. The highest BCUT2D eigenvalue weighted by atomic mass is 32.1. The lowest BCUT2D eigenvalue weighted by Gasteiger charge is -1.96. The van der Waals surface area contributed by atoms with Crippen molar-refractivity contribution in [3.05, 3.63) is 47.5 Å². The Hall–Kier alpha value is -2.45. The minimum atomic E-state index is 0.733. The van der Waals surface area contributed by atoms with E-state index >= 15 is 0 Å². The third kappa shape index (κ3) is 2.54. The number of nitrogens with one attached hydrogen (secondary N) is 1. The van der Waals surface area contributed by atoms with E-state index in [0.29, 0.717) is 0 Å². The fourth-order valence-corrected chi connectivity index (χ4v) is 2.35. The average Bonchev–Trinajstić information content (AvgIpc) is 2.88. The molecule has 3 heterocycles. The standard InChI is InChI=1S/C14H10N4S/c1-15-11-3-2-10(17-8-11)4-5-14-18-12-9-16-7-6-13(12)19-14/h2-3,6-9,15H,1H3. The first-order valence-electron chi connectivity index (χ1n) is 5.71. The molecule has 3 aromatic heterocycles. The van der Waals surface area contributed by atoms with Crippen molar-refractivity contribution in [1.82, 2.24) is 15.0 Å². The monoisotopic (exact) mass is 266 g/mol. The van der Waals surface area contributed by atoms with Crippen LogP contribution in [-0.2, 0) is 0 Å². The van der Waals surface area contributed by atoms with Gasteiger partial charge in [0.1, 0.15) is 11.2 Å². The van der Waals surface area contributed by atoms with Crippen molar-refractivity contribution in [3.8, 4) is 11.8 Å². The van der Waals surface area contributed by atoms with Crippen molar-refractivity contribution in [1.29, 1.82) is 0 Å². The van der Waals surface area contributed by atoms with Crippen molar-refractivity contribution < 1.29 is 0 Å². The molecule has 0 radical (unpaired) electrons. The van der Waals surface area contributed by atoms with Crippen LogP contribution in [0.15, 0.2) is 36.8 Å². The Morgan fingerprint density at radius 1 is 1.16 bits per heavy atom. The highest BCUT2D eigenvalue weighted by Gasteiger charge is 2.00. The second kappa shape index (κ2) is 5.04.